The van der Waals surface area contributed by atoms with E-state index in [1.807, 2.05) is 0 Å². The number of carboxylic acid groups (broad SMARTS) is 2. The number of likely N-dealkylation sites (N-methyl/N-ethyl adjacent to an activating group) is 1. The summed E-state index contributed by atoms with van der Waals surface area (Å²) in [4.78, 5) is 36.6. The number of rotatable bonds is 7. The molecule has 0 saturated carbocycles. The van der Waals surface area contributed by atoms with E-state index in [-0.39, 0.29) is 18.2 Å². The van der Waals surface area contributed by atoms with Gasteiger partial charge in [-0.1, -0.05) is 41.9 Å². The Labute approximate surface area is 256 Å². The molecule has 1 unspecified atom stereocenters. The van der Waals surface area contributed by atoms with Crippen molar-refractivity contribution >= 4 is 35.1 Å². The maximum Gasteiger partial charge on any atom is 0.416 e. The number of carboxylic acids is 2. The lowest BCUT2D eigenvalue weighted by Gasteiger charge is -2.38. The van der Waals surface area contributed by atoms with Gasteiger partial charge in [0.05, 0.1) is 17.3 Å². The second-order valence-electron chi connectivity index (χ2n) is 10.4. The average Bonchev–Trinajstić information content (AvgIpc) is 3.43. The third kappa shape index (κ3) is 8.18. The first-order chi connectivity index (χ1) is 20.8. The third-order valence-electron chi connectivity index (χ3n) is 7.47. The molecule has 0 radical (unpaired) electrons. The highest BCUT2D eigenvalue weighted by Gasteiger charge is 2.36. The topological polar surface area (TPSA) is 107 Å². The fraction of sp³-hybridized carbons (Fsp3) is 0.281. The number of carbonyl (C=O) groups is 3. The number of anilines is 1. The van der Waals surface area contributed by atoms with Gasteiger partial charge in [0.2, 0.25) is 0 Å². The number of alkyl halides is 3. The van der Waals surface area contributed by atoms with Crippen LogP contribution in [0.25, 0.3) is 0 Å². The minimum Gasteiger partial charge on any atom is -0.489 e. The number of nitrogens with zero attached hydrogens (tertiary/aromatic N) is 2. The highest BCUT2D eigenvalue weighted by Crippen LogP contribution is 2.38. The van der Waals surface area contributed by atoms with Crippen molar-refractivity contribution in [2.75, 3.05) is 25.1 Å². The molecule has 1 atom stereocenters. The molecule has 1 aliphatic heterocycles. The summed E-state index contributed by atoms with van der Waals surface area (Å²) in [5, 5.41) is 16.0. The van der Waals surface area contributed by atoms with Crippen molar-refractivity contribution in [3.63, 3.8) is 0 Å². The summed E-state index contributed by atoms with van der Waals surface area (Å²) in [6, 6.07) is 18.0. The predicted octanol–water partition coefficient (Wildman–Crippen LogP) is 5.97. The lowest BCUT2D eigenvalue weighted by atomic mass is 10.0. The van der Waals surface area contributed by atoms with Crippen LogP contribution in [-0.2, 0) is 28.6 Å². The van der Waals surface area contributed by atoms with Gasteiger partial charge in [-0.2, -0.15) is 13.2 Å². The van der Waals surface area contributed by atoms with E-state index in [1.54, 1.807) is 23.1 Å². The van der Waals surface area contributed by atoms with Crippen molar-refractivity contribution in [2.45, 2.75) is 37.5 Å². The summed E-state index contributed by atoms with van der Waals surface area (Å²) in [6.45, 7) is 0.951. The van der Waals surface area contributed by atoms with Crippen molar-refractivity contribution in [3.8, 4) is 5.75 Å². The van der Waals surface area contributed by atoms with Crippen molar-refractivity contribution in [1.82, 2.24) is 4.90 Å². The largest absolute Gasteiger partial charge is 0.489 e. The second-order valence-corrected chi connectivity index (χ2v) is 10.9. The summed E-state index contributed by atoms with van der Waals surface area (Å²) >= 11 is 6.23. The second kappa shape index (κ2) is 14.0. The first-order valence-electron chi connectivity index (χ1n) is 13.7. The van der Waals surface area contributed by atoms with Gasteiger partial charge in [-0.15, -0.1) is 0 Å². The Morgan fingerprint density at radius 2 is 1.61 bits per heavy atom. The van der Waals surface area contributed by atoms with E-state index in [2.05, 4.69) is 36.2 Å². The highest BCUT2D eigenvalue weighted by molar-refractivity contribution is 6.31. The van der Waals surface area contributed by atoms with Gasteiger partial charge >= 0.3 is 18.1 Å². The molecular weight excluding hydrogens is 601 g/mol. The number of benzene rings is 3. The molecule has 12 heteroatoms. The maximum atomic E-state index is 13.7. The molecule has 3 aromatic carbocycles. The van der Waals surface area contributed by atoms with Crippen LogP contribution in [0, 0.1) is 0 Å². The van der Waals surface area contributed by atoms with Crippen LogP contribution >= 0.6 is 11.6 Å². The Kier molecular flexibility index (Phi) is 10.3. The predicted molar refractivity (Wildman–Crippen MR) is 158 cm³/mol. The summed E-state index contributed by atoms with van der Waals surface area (Å²) < 4.78 is 45.9. The number of carbonyl (C=O) groups excluding carboxylic acids is 1. The van der Waals surface area contributed by atoms with Gasteiger partial charge < -0.3 is 19.8 Å². The molecule has 8 nitrogen and oxygen atoms in total. The Bertz CT molecular complexity index is 1520. The molecule has 3 aromatic rings. The summed E-state index contributed by atoms with van der Waals surface area (Å²) in [5.41, 5.74) is 2.31. The van der Waals surface area contributed by atoms with Gasteiger partial charge in [0.15, 0.2) is 0 Å². The Balaban J connectivity index is 0.000000488. The van der Waals surface area contributed by atoms with Gasteiger partial charge in [-0.25, -0.2) is 9.59 Å². The van der Waals surface area contributed by atoms with E-state index >= 15 is 0 Å². The number of hydrogen-bond acceptors (Lipinski definition) is 5. The molecule has 2 N–H and O–H groups in total. The zero-order valence-electron chi connectivity index (χ0n) is 23.6. The zero-order chi connectivity index (χ0) is 32.0. The molecular formula is C32H30ClF3N2O6. The van der Waals surface area contributed by atoms with Crippen molar-refractivity contribution < 1.29 is 42.5 Å². The molecule has 1 aliphatic carbocycles. The fourth-order valence-corrected chi connectivity index (χ4v) is 5.40. The van der Waals surface area contributed by atoms with E-state index in [4.69, 9.17) is 26.6 Å². The molecule has 1 amide bonds. The number of halogens is 4. The molecule has 5 rings (SSSR count). The molecule has 232 valence electrons. The van der Waals surface area contributed by atoms with Gasteiger partial charge in [-0.3, -0.25) is 9.69 Å². The molecule has 0 aromatic heterocycles. The van der Waals surface area contributed by atoms with Crippen LogP contribution in [0.15, 0.2) is 78.9 Å². The summed E-state index contributed by atoms with van der Waals surface area (Å²) in [7, 11) is 2.07. The average molecular weight is 631 g/mol. The Morgan fingerprint density at radius 3 is 2.20 bits per heavy atom. The third-order valence-corrected chi connectivity index (χ3v) is 7.70. The van der Waals surface area contributed by atoms with Gasteiger partial charge in [-0.05, 0) is 73.8 Å². The minimum absolute atomic E-state index is 0.0257. The molecule has 44 heavy (non-hydrogen) atoms. The highest BCUT2D eigenvalue weighted by atomic mass is 35.5. The number of amides is 1. The zero-order valence-corrected chi connectivity index (χ0v) is 24.4. The summed E-state index contributed by atoms with van der Waals surface area (Å²) in [5.74, 6) is -2.54. The number of aliphatic carboxylic acids is 2. The van der Waals surface area contributed by atoms with Crippen molar-refractivity contribution in [2.24, 2.45) is 0 Å². The van der Waals surface area contributed by atoms with Crippen LogP contribution in [0.4, 0.5) is 18.9 Å². The standard InChI is InChI=1S/C28H26ClF3N2O2.C4H4O4/c1-33(24-14-18-5-2-3-6-19(18)15-24)12-11-23-17-36-26-10-9-22(29)16-25(26)34(23)27(35)20-7-4-8-21(13-20)28(30,31)32;5-3(6)1-2-4(7)8/h2-10,13,16,23-24H,11-12,14-15,17H2,1H3;1-2H,(H,5,6)(H,7,8)/b;2-1+. The minimum atomic E-state index is -4.54. The molecule has 0 bridgehead atoms. The SMILES string of the molecule is CN(CCC1COc2ccc(Cl)cc2N1C(=O)c1cccc(C(F)(F)F)c1)C1Cc2ccccc2C1.O=C(O)/C=C/C(=O)O. The molecule has 0 spiro atoms. The van der Waals surface area contributed by atoms with Gasteiger partial charge in [0.25, 0.3) is 5.91 Å². The van der Waals surface area contributed by atoms with E-state index < -0.39 is 29.6 Å². The van der Waals surface area contributed by atoms with E-state index in [0.29, 0.717) is 47.6 Å². The van der Waals surface area contributed by atoms with Gasteiger partial charge in [0, 0.05) is 35.3 Å². The van der Waals surface area contributed by atoms with Crippen LogP contribution in [0.1, 0.15) is 33.5 Å². The van der Waals surface area contributed by atoms with Crippen LogP contribution in [-0.4, -0.2) is 65.2 Å². The van der Waals surface area contributed by atoms with Crippen LogP contribution in [0.2, 0.25) is 5.02 Å². The van der Waals surface area contributed by atoms with Crippen LogP contribution in [0.3, 0.4) is 0 Å². The van der Waals surface area contributed by atoms with E-state index in [1.165, 1.54) is 23.3 Å². The van der Waals surface area contributed by atoms with Crippen molar-refractivity contribution in [1.29, 1.82) is 0 Å². The van der Waals surface area contributed by atoms with Gasteiger partial charge in [0.1, 0.15) is 12.4 Å². The molecule has 0 saturated heterocycles. The monoisotopic (exact) mass is 630 g/mol. The quantitative estimate of drug-likeness (QED) is 0.310. The lowest BCUT2D eigenvalue weighted by molar-refractivity contribution is -0.137. The first-order valence-corrected chi connectivity index (χ1v) is 14.1. The molecule has 0 fully saturated rings. The normalized spacial score (nSPS) is 16.1. The van der Waals surface area contributed by atoms with Crippen LogP contribution in [0.5, 0.6) is 5.75 Å². The van der Waals surface area contributed by atoms with E-state index in [9.17, 15) is 27.6 Å². The lowest BCUT2D eigenvalue weighted by Crippen LogP contribution is -2.48. The maximum absolute atomic E-state index is 13.7. The number of fused-ring (bicyclic) bond motifs is 2. The molecule has 1 heterocycles. The molecule has 2 aliphatic rings. The van der Waals surface area contributed by atoms with E-state index in [0.717, 1.165) is 25.0 Å². The fourth-order valence-electron chi connectivity index (χ4n) is 5.24. The first kappa shape index (κ1) is 32.6. The number of ether oxygens (including phenoxy) is 1. The van der Waals surface area contributed by atoms with Crippen molar-refractivity contribution in [3.05, 3.63) is 106 Å². The Hall–Kier alpha value is -4.35. The van der Waals surface area contributed by atoms with Crippen LogP contribution < -0.4 is 9.64 Å². The number of hydrogen-bond donors (Lipinski definition) is 2. The smallest absolute Gasteiger partial charge is 0.416 e. The Morgan fingerprint density at radius 1 is 0.977 bits per heavy atom. The summed E-state index contributed by atoms with van der Waals surface area (Å²) in [6.07, 6.45) is -0.882.